The summed E-state index contributed by atoms with van der Waals surface area (Å²) in [6.07, 6.45) is 0.919. The van der Waals surface area contributed by atoms with Crippen LogP contribution in [-0.2, 0) is 13.0 Å². The first-order chi connectivity index (χ1) is 8.31. The lowest BCUT2D eigenvalue weighted by molar-refractivity contribution is 0.414. The molecule has 2 N–H and O–H groups in total. The molecule has 0 aliphatic rings. The van der Waals surface area contributed by atoms with Crippen molar-refractivity contribution in [2.24, 2.45) is 5.73 Å². The van der Waals surface area contributed by atoms with Crippen LogP contribution in [0.5, 0.6) is 5.75 Å². The lowest BCUT2D eigenvalue weighted by Gasteiger charge is -2.05. The minimum absolute atomic E-state index is 0.597. The lowest BCUT2D eigenvalue weighted by atomic mass is 10.0. The molecule has 88 valence electrons. The van der Waals surface area contributed by atoms with E-state index in [0.29, 0.717) is 6.54 Å². The zero-order valence-corrected chi connectivity index (χ0v) is 10.0. The Labute approximate surface area is 102 Å². The Morgan fingerprint density at radius 1 is 0.941 bits per heavy atom. The number of rotatable bonds is 4. The van der Waals surface area contributed by atoms with Crippen molar-refractivity contribution in [1.82, 2.24) is 0 Å². The van der Waals surface area contributed by atoms with Gasteiger partial charge in [-0.1, -0.05) is 36.4 Å². The zero-order chi connectivity index (χ0) is 12.1. The SMILES string of the molecule is COc1cccc(Cc2ccc(CN)cc2)c1. The largest absolute Gasteiger partial charge is 0.497 e. The van der Waals surface area contributed by atoms with E-state index in [9.17, 15) is 0 Å². The maximum Gasteiger partial charge on any atom is 0.119 e. The van der Waals surface area contributed by atoms with E-state index >= 15 is 0 Å². The molecule has 2 rings (SSSR count). The highest BCUT2D eigenvalue weighted by molar-refractivity contribution is 5.33. The molecule has 0 saturated carbocycles. The fraction of sp³-hybridized carbons (Fsp3) is 0.200. The quantitative estimate of drug-likeness (QED) is 0.871. The van der Waals surface area contributed by atoms with E-state index in [1.54, 1.807) is 7.11 Å². The number of hydrogen-bond acceptors (Lipinski definition) is 2. The molecule has 2 aromatic carbocycles. The lowest BCUT2D eigenvalue weighted by Crippen LogP contribution is -1.96. The van der Waals surface area contributed by atoms with E-state index in [1.165, 1.54) is 16.7 Å². The van der Waals surface area contributed by atoms with E-state index in [0.717, 1.165) is 12.2 Å². The van der Waals surface area contributed by atoms with Crippen LogP contribution in [0, 0.1) is 0 Å². The monoisotopic (exact) mass is 227 g/mol. The van der Waals surface area contributed by atoms with Gasteiger partial charge in [-0.25, -0.2) is 0 Å². The average molecular weight is 227 g/mol. The van der Waals surface area contributed by atoms with Crippen LogP contribution in [0.25, 0.3) is 0 Å². The van der Waals surface area contributed by atoms with Gasteiger partial charge in [-0.05, 0) is 35.2 Å². The molecule has 2 heteroatoms. The highest BCUT2D eigenvalue weighted by Crippen LogP contribution is 2.16. The van der Waals surface area contributed by atoms with Crippen LogP contribution in [0.3, 0.4) is 0 Å². The fourth-order valence-corrected chi connectivity index (χ4v) is 1.81. The molecular formula is C15H17NO. The molecule has 2 nitrogen and oxygen atoms in total. The summed E-state index contributed by atoms with van der Waals surface area (Å²) in [5.74, 6) is 0.904. The second-order valence-corrected chi connectivity index (χ2v) is 4.05. The van der Waals surface area contributed by atoms with Crippen LogP contribution in [-0.4, -0.2) is 7.11 Å². The summed E-state index contributed by atoms with van der Waals surface area (Å²) in [7, 11) is 1.69. The van der Waals surface area contributed by atoms with Crippen LogP contribution in [0.2, 0.25) is 0 Å². The van der Waals surface area contributed by atoms with E-state index in [1.807, 2.05) is 12.1 Å². The van der Waals surface area contributed by atoms with E-state index in [4.69, 9.17) is 10.5 Å². The topological polar surface area (TPSA) is 35.2 Å². The summed E-state index contributed by atoms with van der Waals surface area (Å²) in [4.78, 5) is 0. The van der Waals surface area contributed by atoms with Crippen molar-refractivity contribution in [1.29, 1.82) is 0 Å². The number of hydrogen-bond donors (Lipinski definition) is 1. The summed E-state index contributed by atoms with van der Waals surface area (Å²) < 4.78 is 5.21. The number of methoxy groups -OCH3 is 1. The third kappa shape index (κ3) is 3.08. The van der Waals surface area contributed by atoms with Crippen LogP contribution >= 0.6 is 0 Å². The average Bonchev–Trinajstić information content (AvgIpc) is 2.40. The van der Waals surface area contributed by atoms with E-state index in [-0.39, 0.29) is 0 Å². The normalized spacial score (nSPS) is 10.2. The fourth-order valence-electron chi connectivity index (χ4n) is 1.81. The second kappa shape index (κ2) is 5.51. The molecule has 2 aromatic rings. The number of nitrogens with two attached hydrogens (primary N) is 1. The van der Waals surface area contributed by atoms with Crippen LogP contribution in [0.15, 0.2) is 48.5 Å². The van der Waals surface area contributed by atoms with Gasteiger partial charge in [0, 0.05) is 6.54 Å². The number of benzene rings is 2. The third-order valence-electron chi connectivity index (χ3n) is 2.80. The standard InChI is InChI=1S/C15H17NO/c1-17-15-4-2-3-14(10-15)9-12-5-7-13(11-16)8-6-12/h2-8,10H,9,11,16H2,1H3. The van der Waals surface area contributed by atoms with Crippen molar-refractivity contribution in [2.75, 3.05) is 7.11 Å². The summed E-state index contributed by atoms with van der Waals surface area (Å²) >= 11 is 0. The van der Waals surface area contributed by atoms with Crippen molar-refractivity contribution in [3.8, 4) is 5.75 Å². The summed E-state index contributed by atoms with van der Waals surface area (Å²) in [5.41, 5.74) is 9.28. The van der Waals surface area contributed by atoms with E-state index in [2.05, 4.69) is 36.4 Å². The predicted octanol–water partition coefficient (Wildman–Crippen LogP) is 2.74. The van der Waals surface area contributed by atoms with Crippen LogP contribution < -0.4 is 10.5 Å². The Bertz CT molecular complexity index is 477. The molecular weight excluding hydrogens is 210 g/mol. The first kappa shape index (κ1) is 11.7. The van der Waals surface area contributed by atoms with Crippen molar-refractivity contribution in [3.05, 3.63) is 65.2 Å². The summed E-state index contributed by atoms with van der Waals surface area (Å²) in [5, 5.41) is 0. The van der Waals surface area contributed by atoms with Crippen LogP contribution in [0.4, 0.5) is 0 Å². The summed E-state index contributed by atoms with van der Waals surface area (Å²) in [6, 6.07) is 16.6. The molecule has 0 heterocycles. The van der Waals surface area contributed by atoms with Crippen molar-refractivity contribution in [3.63, 3.8) is 0 Å². The van der Waals surface area contributed by atoms with Gasteiger partial charge >= 0.3 is 0 Å². The first-order valence-electron chi connectivity index (χ1n) is 5.72. The molecule has 0 atom stereocenters. The Balaban J connectivity index is 2.13. The van der Waals surface area contributed by atoms with Crippen molar-refractivity contribution in [2.45, 2.75) is 13.0 Å². The maximum absolute atomic E-state index is 5.57. The Kier molecular flexibility index (Phi) is 3.78. The second-order valence-electron chi connectivity index (χ2n) is 4.05. The van der Waals surface area contributed by atoms with E-state index < -0.39 is 0 Å². The molecule has 0 fully saturated rings. The molecule has 17 heavy (non-hydrogen) atoms. The number of ether oxygens (including phenoxy) is 1. The first-order valence-corrected chi connectivity index (χ1v) is 5.72. The van der Waals surface area contributed by atoms with Gasteiger partial charge in [0.1, 0.15) is 5.75 Å². The van der Waals surface area contributed by atoms with Gasteiger partial charge in [-0.2, -0.15) is 0 Å². The third-order valence-corrected chi connectivity index (χ3v) is 2.80. The molecule has 0 radical (unpaired) electrons. The zero-order valence-electron chi connectivity index (χ0n) is 10.0. The van der Waals surface area contributed by atoms with Crippen molar-refractivity contribution < 1.29 is 4.74 Å². The Morgan fingerprint density at radius 3 is 2.29 bits per heavy atom. The van der Waals surface area contributed by atoms with Crippen molar-refractivity contribution >= 4 is 0 Å². The van der Waals surface area contributed by atoms with Gasteiger partial charge in [0.05, 0.1) is 7.11 Å². The van der Waals surface area contributed by atoms with Gasteiger partial charge in [-0.3, -0.25) is 0 Å². The van der Waals surface area contributed by atoms with Gasteiger partial charge in [0.2, 0.25) is 0 Å². The molecule has 0 aliphatic carbocycles. The van der Waals surface area contributed by atoms with Gasteiger partial charge in [0.15, 0.2) is 0 Å². The Morgan fingerprint density at radius 2 is 1.65 bits per heavy atom. The molecule has 0 bridgehead atoms. The summed E-state index contributed by atoms with van der Waals surface area (Å²) in [6.45, 7) is 0.597. The van der Waals surface area contributed by atoms with Gasteiger partial charge < -0.3 is 10.5 Å². The minimum atomic E-state index is 0.597. The maximum atomic E-state index is 5.57. The predicted molar refractivity (Wildman–Crippen MR) is 70.1 cm³/mol. The van der Waals surface area contributed by atoms with Gasteiger partial charge in [-0.15, -0.1) is 0 Å². The smallest absolute Gasteiger partial charge is 0.119 e. The molecule has 0 aromatic heterocycles. The Hall–Kier alpha value is -1.80. The molecule has 0 aliphatic heterocycles. The highest BCUT2D eigenvalue weighted by atomic mass is 16.5. The molecule has 0 unspecified atom stereocenters. The van der Waals surface area contributed by atoms with Crippen LogP contribution in [0.1, 0.15) is 16.7 Å². The molecule has 0 spiro atoms. The minimum Gasteiger partial charge on any atom is -0.497 e. The molecule has 0 saturated heterocycles. The highest BCUT2D eigenvalue weighted by Gasteiger charge is 1.98. The van der Waals surface area contributed by atoms with Gasteiger partial charge in [0.25, 0.3) is 0 Å². The molecule has 0 amide bonds.